The van der Waals surface area contributed by atoms with Crippen LogP contribution in [0.1, 0.15) is 16.4 Å². The highest BCUT2D eigenvalue weighted by atomic mass is 32.1. The third-order valence-electron chi connectivity index (χ3n) is 3.12. The summed E-state index contributed by atoms with van der Waals surface area (Å²) in [5.41, 5.74) is 2.85. The van der Waals surface area contributed by atoms with Gasteiger partial charge in [0.15, 0.2) is 0 Å². The molecular weight excluding hydrogens is 275 g/mol. The van der Waals surface area contributed by atoms with Crippen molar-refractivity contribution in [1.82, 2.24) is 10.3 Å². The van der Waals surface area contributed by atoms with Gasteiger partial charge in [-0.15, -0.1) is 11.3 Å². The highest BCUT2D eigenvalue weighted by Gasteiger charge is 2.13. The first-order chi connectivity index (χ1) is 9.79. The zero-order valence-corrected chi connectivity index (χ0v) is 12.3. The molecule has 0 amide bonds. The fourth-order valence-corrected chi connectivity index (χ4v) is 2.78. The van der Waals surface area contributed by atoms with Gasteiger partial charge >= 0.3 is 0 Å². The number of hydrogen-bond acceptors (Lipinski definition) is 4. The number of thiazole rings is 1. The van der Waals surface area contributed by atoms with Crippen molar-refractivity contribution in [1.29, 1.82) is 0 Å². The molecule has 0 aliphatic heterocycles. The summed E-state index contributed by atoms with van der Waals surface area (Å²) in [4.78, 5) is 5.32. The normalized spacial score (nSPS) is 12.5. The molecule has 1 atom stereocenters. The summed E-state index contributed by atoms with van der Waals surface area (Å²) in [6.45, 7) is 2.27. The van der Waals surface area contributed by atoms with Crippen molar-refractivity contribution in [2.45, 2.75) is 12.3 Å². The van der Waals surface area contributed by atoms with Crippen LogP contribution in [0.15, 0.2) is 36.0 Å². The van der Waals surface area contributed by atoms with E-state index in [1.807, 2.05) is 17.8 Å². The minimum Gasteiger partial charge on any atom is -0.383 e. The zero-order valence-electron chi connectivity index (χ0n) is 11.5. The summed E-state index contributed by atoms with van der Waals surface area (Å²) < 4.78 is 18.4. The number of halogens is 1. The molecule has 1 aromatic heterocycles. The van der Waals surface area contributed by atoms with Crippen molar-refractivity contribution >= 4 is 11.3 Å². The summed E-state index contributed by atoms with van der Waals surface area (Å²) in [5, 5.41) is 3.35. The number of nitrogens with one attached hydrogen (secondary N) is 1. The van der Waals surface area contributed by atoms with Crippen molar-refractivity contribution in [2.24, 2.45) is 0 Å². The van der Waals surface area contributed by atoms with Gasteiger partial charge in [-0.1, -0.05) is 12.1 Å². The molecule has 1 heterocycles. The SMILES string of the molecule is COCCNCC(Cc1cncs1)c1cccc(F)c1. The van der Waals surface area contributed by atoms with Gasteiger partial charge in [-0.25, -0.2) is 4.39 Å². The van der Waals surface area contributed by atoms with Crippen LogP contribution in [0.3, 0.4) is 0 Å². The summed E-state index contributed by atoms with van der Waals surface area (Å²) in [7, 11) is 1.68. The van der Waals surface area contributed by atoms with Gasteiger partial charge in [0, 0.05) is 37.2 Å². The van der Waals surface area contributed by atoms with Crippen LogP contribution in [0.5, 0.6) is 0 Å². The smallest absolute Gasteiger partial charge is 0.123 e. The van der Waals surface area contributed by atoms with Crippen molar-refractivity contribution in [3.05, 3.63) is 52.2 Å². The quantitative estimate of drug-likeness (QED) is 0.760. The van der Waals surface area contributed by atoms with Crippen molar-refractivity contribution in [3.8, 4) is 0 Å². The molecule has 1 aromatic carbocycles. The van der Waals surface area contributed by atoms with Gasteiger partial charge in [0.25, 0.3) is 0 Å². The molecule has 1 N–H and O–H groups in total. The fourth-order valence-electron chi connectivity index (χ4n) is 2.10. The van der Waals surface area contributed by atoms with Crippen LogP contribution in [-0.4, -0.2) is 31.8 Å². The van der Waals surface area contributed by atoms with E-state index in [2.05, 4.69) is 10.3 Å². The molecule has 3 nitrogen and oxygen atoms in total. The monoisotopic (exact) mass is 294 g/mol. The molecule has 2 rings (SSSR count). The number of methoxy groups -OCH3 is 1. The first-order valence-electron chi connectivity index (χ1n) is 6.62. The maximum absolute atomic E-state index is 13.4. The highest BCUT2D eigenvalue weighted by Crippen LogP contribution is 2.22. The fraction of sp³-hybridized carbons (Fsp3) is 0.400. The van der Waals surface area contributed by atoms with Gasteiger partial charge in [0.1, 0.15) is 5.82 Å². The van der Waals surface area contributed by atoms with Crippen LogP contribution in [0, 0.1) is 5.82 Å². The Morgan fingerprint density at radius 1 is 1.45 bits per heavy atom. The van der Waals surface area contributed by atoms with Crippen LogP contribution in [0.25, 0.3) is 0 Å². The number of rotatable bonds is 8. The number of nitrogens with zero attached hydrogens (tertiary/aromatic N) is 1. The summed E-state index contributed by atoms with van der Waals surface area (Å²) in [6.07, 6.45) is 2.75. The largest absolute Gasteiger partial charge is 0.383 e. The standard InChI is InChI=1S/C15H19FN2OS/c1-19-6-5-17-9-13(8-15-10-18-11-20-15)12-3-2-4-14(16)7-12/h2-4,7,10-11,13,17H,5-6,8-9H2,1H3. The number of benzene rings is 1. The Morgan fingerprint density at radius 2 is 2.35 bits per heavy atom. The van der Waals surface area contributed by atoms with E-state index in [9.17, 15) is 4.39 Å². The highest BCUT2D eigenvalue weighted by molar-refractivity contribution is 7.09. The van der Waals surface area contributed by atoms with Gasteiger partial charge in [0.2, 0.25) is 0 Å². The Labute approximate surface area is 122 Å². The molecule has 0 spiro atoms. The average molecular weight is 294 g/mol. The lowest BCUT2D eigenvalue weighted by molar-refractivity contribution is 0.199. The number of ether oxygens (including phenoxy) is 1. The molecule has 5 heteroatoms. The summed E-state index contributed by atoms with van der Waals surface area (Å²) in [5.74, 6) is 0.0525. The van der Waals surface area contributed by atoms with Crippen LogP contribution in [-0.2, 0) is 11.2 Å². The minimum absolute atomic E-state index is 0.186. The zero-order chi connectivity index (χ0) is 14.2. The lowest BCUT2D eigenvalue weighted by Gasteiger charge is -2.17. The molecular formula is C15H19FN2OS. The van der Waals surface area contributed by atoms with Gasteiger partial charge < -0.3 is 10.1 Å². The second-order valence-corrected chi connectivity index (χ2v) is 5.59. The molecule has 1 unspecified atom stereocenters. The van der Waals surface area contributed by atoms with Gasteiger partial charge in [-0.2, -0.15) is 0 Å². The van der Waals surface area contributed by atoms with E-state index < -0.39 is 0 Å². The van der Waals surface area contributed by atoms with Crippen LogP contribution >= 0.6 is 11.3 Å². The third-order valence-corrected chi connectivity index (χ3v) is 3.93. The second-order valence-electron chi connectivity index (χ2n) is 4.62. The molecule has 0 radical (unpaired) electrons. The maximum atomic E-state index is 13.4. The van der Waals surface area contributed by atoms with Crippen LogP contribution in [0.4, 0.5) is 4.39 Å². The van der Waals surface area contributed by atoms with Crippen LogP contribution < -0.4 is 5.32 Å². The minimum atomic E-state index is -0.186. The Hall–Kier alpha value is -1.30. The van der Waals surface area contributed by atoms with Crippen molar-refractivity contribution in [2.75, 3.05) is 26.8 Å². The van der Waals surface area contributed by atoms with Crippen LogP contribution in [0.2, 0.25) is 0 Å². The molecule has 0 saturated carbocycles. The topological polar surface area (TPSA) is 34.1 Å². The van der Waals surface area contributed by atoms with E-state index in [1.165, 1.54) is 10.9 Å². The lowest BCUT2D eigenvalue weighted by atomic mass is 9.95. The molecule has 0 saturated heterocycles. The number of aromatic nitrogens is 1. The predicted octanol–water partition coefficient (Wildman–Crippen LogP) is 2.84. The predicted molar refractivity (Wildman–Crippen MR) is 79.7 cm³/mol. The van der Waals surface area contributed by atoms with Crippen molar-refractivity contribution < 1.29 is 9.13 Å². The van der Waals surface area contributed by atoms with E-state index in [-0.39, 0.29) is 11.7 Å². The molecule has 0 fully saturated rings. The molecule has 0 bridgehead atoms. The number of hydrogen-bond donors (Lipinski definition) is 1. The first kappa shape index (κ1) is 15.1. The molecule has 20 heavy (non-hydrogen) atoms. The van der Waals surface area contributed by atoms with E-state index >= 15 is 0 Å². The van der Waals surface area contributed by atoms with Gasteiger partial charge in [0.05, 0.1) is 12.1 Å². The molecule has 0 aliphatic carbocycles. The Balaban J connectivity index is 2.03. The Bertz CT molecular complexity index is 504. The van der Waals surface area contributed by atoms with Crippen molar-refractivity contribution in [3.63, 3.8) is 0 Å². The van der Waals surface area contributed by atoms with E-state index in [4.69, 9.17) is 4.74 Å². The molecule has 108 valence electrons. The molecule has 2 aromatic rings. The first-order valence-corrected chi connectivity index (χ1v) is 7.50. The molecule has 0 aliphatic rings. The maximum Gasteiger partial charge on any atom is 0.123 e. The van der Waals surface area contributed by atoms with E-state index in [0.29, 0.717) is 6.61 Å². The van der Waals surface area contributed by atoms with Gasteiger partial charge in [-0.3, -0.25) is 4.98 Å². The summed E-state index contributed by atoms with van der Waals surface area (Å²) >= 11 is 1.64. The third kappa shape index (κ3) is 4.67. The lowest BCUT2D eigenvalue weighted by Crippen LogP contribution is -2.26. The average Bonchev–Trinajstić information content (AvgIpc) is 2.95. The van der Waals surface area contributed by atoms with E-state index in [1.54, 1.807) is 30.6 Å². The van der Waals surface area contributed by atoms with Gasteiger partial charge in [-0.05, 0) is 24.1 Å². The Morgan fingerprint density at radius 3 is 3.05 bits per heavy atom. The summed E-state index contributed by atoms with van der Waals surface area (Å²) in [6, 6.07) is 6.83. The second kappa shape index (κ2) is 8.09. The Kier molecular flexibility index (Phi) is 6.11. The van der Waals surface area contributed by atoms with E-state index in [0.717, 1.165) is 25.1 Å².